The van der Waals surface area contributed by atoms with Crippen molar-refractivity contribution in [1.29, 1.82) is 0 Å². The molecular weight excluding hydrogens is 452 g/mol. The van der Waals surface area contributed by atoms with E-state index in [0.717, 1.165) is 37.7 Å². The third-order valence-corrected chi connectivity index (χ3v) is 6.05. The number of nitrogens with zero attached hydrogens (tertiary/aromatic N) is 1. The Labute approximate surface area is 202 Å². The van der Waals surface area contributed by atoms with Crippen molar-refractivity contribution in [1.82, 2.24) is 0 Å². The summed E-state index contributed by atoms with van der Waals surface area (Å²) >= 11 is 0. The average molecular weight is 481 g/mol. The summed E-state index contributed by atoms with van der Waals surface area (Å²) in [7, 11) is 2.93. The van der Waals surface area contributed by atoms with Crippen molar-refractivity contribution in [3.63, 3.8) is 0 Å². The van der Waals surface area contributed by atoms with Crippen LogP contribution in [0.2, 0.25) is 0 Å². The van der Waals surface area contributed by atoms with E-state index in [1.165, 1.54) is 20.3 Å². The van der Waals surface area contributed by atoms with Gasteiger partial charge in [-0.25, -0.2) is 0 Å². The number of piperidine rings is 1. The number of anilines is 2. The summed E-state index contributed by atoms with van der Waals surface area (Å²) in [5.41, 5.74) is 1.37. The first-order valence-electron chi connectivity index (χ1n) is 11.5. The smallest absolute Gasteiger partial charge is 0.309 e. The summed E-state index contributed by atoms with van der Waals surface area (Å²) in [4.78, 5) is 39.6. The van der Waals surface area contributed by atoms with Gasteiger partial charge in [0.05, 0.1) is 26.7 Å². The first-order valence-corrected chi connectivity index (χ1v) is 11.5. The summed E-state index contributed by atoms with van der Waals surface area (Å²) in [6.07, 6.45) is 1.49. The van der Waals surface area contributed by atoms with Crippen LogP contribution in [-0.4, -0.2) is 45.8 Å². The number of rotatable bonds is 7. The molecule has 1 amide bonds. The Morgan fingerprint density at radius 3 is 2.40 bits per heavy atom. The van der Waals surface area contributed by atoms with Crippen LogP contribution in [0.4, 0.5) is 11.4 Å². The monoisotopic (exact) mass is 480 g/mol. The highest BCUT2D eigenvalue weighted by Gasteiger charge is 2.26. The number of amides is 1. The van der Waals surface area contributed by atoms with Gasteiger partial charge in [0.2, 0.25) is 0 Å². The maximum Gasteiger partial charge on any atom is 0.309 e. The van der Waals surface area contributed by atoms with E-state index in [-0.39, 0.29) is 28.6 Å². The van der Waals surface area contributed by atoms with Crippen LogP contribution in [0.15, 0.2) is 51.7 Å². The molecule has 4 rings (SSSR count). The molecule has 0 aliphatic carbocycles. The Bertz CT molecular complexity index is 1280. The summed E-state index contributed by atoms with van der Waals surface area (Å²) in [5.74, 6) is -0.0978. The van der Waals surface area contributed by atoms with Crippen molar-refractivity contribution in [3.8, 4) is 11.5 Å². The number of esters is 1. The zero-order chi connectivity index (χ0) is 24.9. The molecule has 1 aliphatic heterocycles. The summed E-state index contributed by atoms with van der Waals surface area (Å²) in [5, 5.41) is 3.00. The second-order valence-electron chi connectivity index (χ2n) is 8.19. The van der Waals surface area contributed by atoms with Crippen molar-refractivity contribution in [2.45, 2.75) is 19.8 Å². The molecule has 2 aromatic carbocycles. The SMILES string of the molecule is CCOC(=O)C1CCN(c2ccc(NC(=O)c3cc(=O)c4c(OC)cc(OC)cc4o3)cc2)CC1. The van der Waals surface area contributed by atoms with Gasteiger partial charge in [-0.3, -0.25) is 14.4 Å². The van der Waals surface area contributed by atoms with Gasteiger partial charge in [-0.15, -0.1) is 0 Å². The van der Waals surface area contributed by atoms with Crippen molar-refractivity contribution >= 4 is 34.2 Å². The van der Waals surface area contributed by atoms with Crippen molar-refractivity contribution in [3.05, 3.63) is 58.4 Å². The summed E-state index contributed by atoms with van der Waals surface area (Å²) < 4.78 is 21.3. The predicted molar refractivity (Wildman–Crippen MR) is 132 cm³/mol. The van der Waals surface area contributed by atoms with Crippen LogP contribution < -0.4 is 25.1 Å². The highest BCUT2D eigenvalue weighted by molar-refractivity contribution is 6.03. The van der Waals surface area contributed by atoms with Crippen LogP contribution >= 0.6 is 0 Å². The largest absolute Gasteiger partial charge is 0.496 e. The third kappa shape index (κ3) is 5.24. The Hall–Kier alpha value is -4.01. The molecule has 1 saturated heterocycles. The molecule has 1 aliphatic rings. The zero-order valence-corrected chi connectivity index (χ0v) is 20.0. The van der Waals surface area contributed by atoms with Gasteiger partial charge in [-0.1, -0.05) is 0 Å². The van der Waals surface area contributed by atoms with E-state index < -0.39 is 11.3 Å². The van der Waals surface area contributed by atoms with Gasteiger partial charge < -0.3 is 28.8 Å². The number of hydrogen-bond acceptors (Lipinski definition) is 8. The minimum absolute atomic E-state index is 0.0543. The maximum absolute atomic E-state index is 12.8. The van der Waals surface area contributed by atoms with E-state index >= 15 is 0 Å². The molecule has 0 spiro atoms. The first kappa shape index (κ1) is 24.1. The molecule has 35 heavy (non-hydrogen) atoms. The molecule has 1 N–H and O–H groups in total. The topological polar surface area (TPSA) is 107 Å². The van der Waals surface area contributed by atoms with Gasteiger partial charge in [-0.2, -0.15) is 0 Å². The van der Waals surface area contributed by atoms with Gasteiger partial charge in [-0.05, 0) is 44.0 Å². The molecule has 0 saturated carbocycles. The van der Waals surface area contributed by atoms with Crippen molar-refractivity contribution < 1.29 is 28.2 Å². The van der Waals surface area contributed by atoms with Crippen LogP contribution in [0.3, 0.4) is 0 Å². The highest BCUT2D eigenvalue weighted by Crippen LogP contribution is 2.30. The lowest BCUT2D eigenvalue weighted by Crippen LogP contribution is -2.36. The zero-order valence-electron chi connectivity index (χ0n) is 20.0. The molecule has 1 aromatic heterocycles. The van der Waals surface area contributed by atoms with E-state index in [2.05, 4.69) is 10.2 Å². The Balaban J connectivity index is 1.45. The Morgan fingerprint density at radius 2 is 1.77 bits per heavy atom. The minimum atomic E-state index is -0.547. The lowest BCUT2D eigenvalue weighted by atomic mass is 9.96. The lowest BCUT2D eigenvalue weighted by Gasteiger charge is -2.32. The summed E-state index contributed by atoms with van der Waals surface area (Å²) in [6, 6.07) is 11.7. The van der Waals surface area contributed by atoms with Crippen LogP contribution in [0.5, 0.6) is 11.5 Å². The van der Waals surface area contributed by atoms with Crippen LogP contribution in [0, 0.1) is 5.92 Å². The molecule has 9 heteroatoms. The Kier molecular flexibility index (Phi) is 7.24. The predicted octanol–water partition coefficient (Wildman–Crippen LogP) is 3.84. The van der Waals surface area contributed by atoms with Gasteiger partial charge in [0.25, 0.3) is 5.91 Å². The normalized spacial score (nSPS) is 14.0. The van der Waals surface area contributed by atoms with E-state index in [4.69, 9.17) is 18.6 Å². The van der Waals surface area contributed by atoms with Crippen LogP contribution in [0.25, 0.3) is 11.0 Å². The van der Waals surface area contributed by atoms with Crippen molar-refractivity contribution in [2.24, 2.45) is 5.92 Å². The van der Waals surface area contributed by atoms with Gasteiger partial charge >= 0.3 is 5.97 Å². The molecule has 0 bridgehead atoms. The molecule has 184 valence electrons. The number of carbonyl (C=O) groups excluding carboxylic acids is 2. The Morgan fingerprint density at radius 1 is 1.06 bits per heavy atom. The first-order chi connectivity index (χ1) is 16.9. The molecular formula is C26H28N2O7. The number of carbonyl (C=O) groups is 2. The van der Waals surface area contributed by atoms with Crippen molar-refractivity contribution in [2.75, 3.05) is 44.1 Å². The van der Waals surface area contributed by atoms with Gasteiger partial charge in [0.15, 0.2) is 11.2 Å². The molecule has 0 unspecified atom stereocenters. The van der Waals surface area contributed by atoms with E-state index in [9.17, 15) is 14.4 Å². The second-order valence-corrected chi connectivity index (χ2v) is 8.19. The molecule has 3 aromatic rings. The van der Waals surface area contributed by atoms with Gasteiger partial charge in [0.1, 0.15) is 22.5 Å². The number of benzene rings is 2. The highest BCUT2D eigenvalue weighted by atomic mass is 16.5. The van der Waals surface area contributed by atoms with E-state index in [1.54, 1.807) is 18.2 Å². The number of hydrogen-bond donors (Lipinski definition) is 1. The summed E-state index contributed by atoms with van der Waals surface area (Å²) in [6.45, 7) is 3.72. The quantitative estimate of drug-likeness (QED) is 0.509. The number of ether oxygens (including phenoxy) is 3. The standard InChI is InChI=1S/C26H28N2O7/c1-4-34-26(31)16-9-11-28(12-10-16)18-7-5-17(6-8-18)27-25(30)23-15-20(29)24-21(33-3)13-19(32-2)14-22(24)35-23/h5-8,13-16H,4,9-12H2,1-3H3,(H,27,30). The average Bonchev–Trinajstić information content (AvgIpc) is 2.88. The van der Waals surface area contributed by atoms with Crippen LogP contribution in [0.1, 0.15) is 30.3 Å². The minimum Gasteiger partial charge on any atom is -0.496 e. The molecule has 0 radical (unpaired) electrons. The molecule has 9 nitrogen and oxygen atoms in total. The molecule has 1 fully saturated rings. The fourth-order valence-corrected chi connectivity index (χ4v) is 4.20. The lowest BCUT2D eigenvalue weighted by molar-refractivity contribution is -0.148. The molecule has 2 heterocycles. The fourth-order valence-electron chi connectivity index (χ4n) is 4.20. The van der Waals surface area contributed by atoms with E-state index in [0.29, 0.717) is 23.8 Å². The third-order valence-electron chi connectivity index (χ3n) is 6.05. The maximum atomic E-state index is 12.8. The number of methoxy groups -OCH3 is 2. The van der Waals surface area contributed by atoms with Crippen LogP contribution in [-0.2, 0) is 9.53 Å². The number of nitrogens with one attached hydrogen (secondary N) is 1. The van der Waals surface area contributed by atoms with Gasteiger partial charge in [0, 0.05) is 42.7 Å². The van der Waals surface area contributed by atoms with E-state index in [1.807, 2.05) is 19.1 Å². The number of fused-ring (bicyclic) bond motifs is 1. The fraction of sp³-hybridized carbons (Fsp3) is 0.346. The molecule has 0 atom stereocenters. The second kappa shape index (κ2) is 10.5.